The molecule has 5 heteroatoms. The summed E-state index contributed by atoms with van der Waals surface area (Å²) >= 11 is 0. The minimum atomic E-state index is 0.0298. The van der Waals surface area contributed by atoms with Gasteiger partial charge in [0.25, 0.3) is 5.91 Å². The van der Waals surface area contributed by atoms with Gasteiger partial charge in [0.05, 0.1) is 11.3 Å². The van der Waals surface area contributed by atoms with Crippen molar-refractivity contribution in [3.8, 4) is 0 Å². The molecular formula is C15H26N4O. The van der Waals surface area contributed by atoms with Crippen molar-refractivity contribution in [1.82, 2.24) is 14.8 Å². The number of aromatic nitrogens is 1. The number of carbonyl (C=O) groups is 1. The molecule has 1 N–H and O–H groups in total. The Balaban J connectivity index is 2.60. The number of likely N-dealkylation sites (N-methyl/N-ethyl adjacent to an activating group) is 1. The Kier molecular flexibility index (Phi) is 7.01. The van der Waals surface area contributed by atoms with Gasteiger partial charge in [0.1, 0.15) is 0 Å². The standard InChI is InChI=1S/C15H26N4O/c1-5-6-8-19(4)15(20)13-10-14(12-16-11-13)17-7-9-18(2)3/h10-12,17H,5-9H2,1-4H3. The molecule has 0 unspecified atom stereocenters. The lowest BCUT2D eigenvalue weighted by atomic mass is 10.2. The maximum atomic E-state index is 12.2. The van der Waals surface area contributed by atoms with Crippen LogP contribution in [0.2, 0.25) is 0 Å². The summed E-state index contributed by atoms with van der Waals surface area (Å²) in [6.07, 6.45) is 5.48. The summed E-state index contributed by atoms with van der Waals surface area (Å²) in [6.45, 7) is 4.68. The monoisotopic (exact) mass is 278 g/mol. The number of nitrogens with zero attached hydrogens (tertiary/aromatic N) is 3. The molecule has 0 saturated carbocycles. The maximum Gasteiger partial charge on any atom is 0.255 e. The topological polar surface area (TPSA) is 48.5 Å². The molecule has 0 fully saturated rings. The van der Waals surface area contributed by atoms with Gasteiger partial charge in [-0.2, -0.15) is 0 Å². The van der Waals surface area contributed by atoms with E-state index in [0.717, 1.165) is 38.2 Å². The van der Waals surface area contributed by atoms with E-state index < -0.39 is 0 Å². The van der Waals surface area contributed by atoms with Crippen molar-refractivity contribution in [3.05, 3.63) is 24.0 Å². The SMILES string of the molecule is CCCCN(C)C(=O)c1cncc(NCCN(C)C)c1. The second-order valence-corrected chi connectivity index (χ2v) is 5.27. The van der Waals surface area contributed by atoms with Crippen molar-refractivity contribution in [1.29, 1.82) is 0 Å². The van der Waals surface area contributed by atoms with Crippen molar-refractivity contribution in [2.45, 2.75) is 19.8 Å². The number of hydrogen-bond donors (Lipinski definition) is 1. The molecule has 0 spiro atoms. The third kappa shape index (κ3) is 5.57. The number of nitrogens with one attached hydrogen (secondary N) is 1. The van der Waals surface area contributed by atoms with E-state index in [1.807, 2.05) is 27.2 Å². The summed E-state index contributed by atoms with van der Waals surface area (Å²) in [5.41, 5.74) is 1.53. The average Bonchev–Trinajstić information content (AvgIpc) is 2.44. The predicted octanol–water partition coefficient (Wildman–Crippen LogP) is 1.93. The lowest BCUT2D eigenvalue weighted by Crippen LogP contribution is -2.28. The molecule has 0 aromatic carbocycles. The summed E-state index contributed by atoms with van der Waals surface area (Å²) in [5, 5.41) is 3.28. The van der Waals surface area contributed by atoms with E-state index in [1.165, 1.54) is 0 Å². The molecule has 1 heterocycles. The summed E-state index contributed by atoms with van der Waals surface area (Å²) in [5.74, 6) is 0.0298. The zero-order valence-corrected chi connectivity index (χ0v) is 13.0. The van der Waals surface area contributed by atoms with E-state index in [4.69, 9.17) is 0 Å². The number of unbranched alkanes of at least 4 members (excludes halogenated alkanes) is 1. The summed E-state index contributed by atoms with van der Waals surface area (Å²) in [6, 6.07) is 1.87. The van der Waals surface area contributed by atoms with Gasteiger partial charge in [0.2, 0.25) is 0 Å². The predicted molar refractivity (Wildman–Crippen MR) is 83.1 cm³/mol. The molecule has 0 aliphatic carbocycles. The molecule has 5 nitrogen and oxygen atoms in total. The van der Waals surface area contributed by atoms with Crippen LogP contribution >= 0.6 is 0 Å². The molecule has 0 bridgehead atoms. The third-order valence-corrected chi connectivity index (χ3v) is 3.07. The van der Waals surface area contributed by atoms with E-state index in [2.05, 4.69) is 22.1 Å². The molecule has 20 heavy (non-hydrogen) atoms. The molecule has 0 atom stereocenters. The van der Waals surface area contributed by atoms with Gasteiger partial charge in [0, 0.05) is 39.1 Å². The van der Waals surface area contributed by atoms with Crippen molar-refractivity contribution >= 4 is 11.6 Å². The van der Waals surface area contributed by atoms with E-state index in [1.54, 1.807) is 17.3 Å². The number of hydrogen-bond acceptors (Lipinski definition) is 4. The molecule has 0 radical (unpaired) electrons. The van der Waals surface area contributed by atoms with Gasteiger partial charge in [-0.25, -0.2) is 0 Å². The van der Waals surface area contributed by atoms with E-state index in [-0.39, 0.29) is 5.91 Å². The zero-order chi connectivity index (χ0) is 15.0. The molecule has 1 aromatic rings. The first-order valence-corrected chi connectivity index (χ1v) is 7.13. The first kappa shape index (κ1) is 16.4. The van der Waals surface area contributed by atoms with Crippen LogP contribution in [0.25, 0.3) is 0 Å². The van der Waals surface area contributed by atoms with Gasteiger partial charge in [-0.3, -0.25) is 9.78 Å². The van der Waals surface area contributed by atoms with Crippen LogP contribution in [0.3, 0.4) is 0 Å². The van der Waals surface area contributed by atoms with Crippen molar-refractivity contribution in [2.24, 2.45) is 0 Å². The Morgan fingerprint density at radius 2 is 2.00 bits per heavy atom. The molecule has 0 aliphatic heterocycles. The molecule has 0 aliphatic rings. The molecular weight excluding hydrogens is 252 g/mol. The van der Waals surface area contributed by atoms with Gasteiger partial charge < -0.3 is 15.1 Å². The third-order valence-electron chi connectivity index (χ3n) is 3.07. The molecule has 112 valence electrons. The Morgan fingerprint density at radius 1 is 1.25 bits per heavy atom. The number of amides is 1. The van der Waals surface area contributed by atoms with Crippen LogP contribution in [-0.2, 0) is 0 Å². The number of carbonyl (C=O) groups excluding carboxylic acids is 1. The fourth-order valence-electron chi connectivity index (χ4n) is 1.79. The Bertz CT molecular complexity index is 420. The Morgan fingerprint density at radius 3 is 2.65 bits per heavy atom. The average molecular weight is 278 g/mol. The van der Waals surface area contributed by atoms with Crippen molar-refractivity contribution < 1.29 is 4.79 Å². The lowest BCUT2D eigenvalue weighted by molar-refractivity contribution is 0.0793. The molecule has 1 aromatic heterocycles. The van der Waals surface area contributed by atoms with E-state index >= 15 is 0 Å². The van der Waals surface area contributed by atoms with Gasteiger partial charge in [-0.1, -0.05) is 13.3 Å². The normalized spacial score (nSPS) is 10.7. The van der Waals surface area contributed by atoms with E-state index in [9.17, 15) is 4.79 Å². The van der Waals surface area contributed by atoms with Crippen LogP contribution in [0.1, 0.15) is 30.1 Å². The van der Waals surface area contributed by atoms with Crippen LogP contribution in [0.15, 0.2) is 18.5 Å². The second kappa shape index (κ2) is 8.53. The highest BCUT2D eigenvalue weighted by Crippen LogP contribution is 2.10. The maximum absolute atomic E-state index is 12.2. The number of anilines is 1. The van der Waals surface area contributed by atoms with Crippen molar-refractivity contribution in [2.75, 3.05) is 46.1 Å². The van der Waals surface area contributed by atoms with Gasteiger partial charge in [-0.15, -0.1) is 0 Å². The van der Waals surface area contributed by atoms with Gasteiger partial charge >= 0.3 is 0 Å². The highest BCUT2D eigenvalue weighted by molar-refractivity contribution is 5.94. The largest absolute Gasteiger partial charge is 0.382 e. The zero-order valence-electron chi connectivity index (χ0n) is 13.0. The second-order valence-electron chi connectivity index (χ2n) is 5.27. The van der Waals surface area contributed by atoms with Crippen LogP contribution in [0.5, 0.6) is 0 Å². The van der Waals surface area contributed by atoms with Gasteiger partial charge in [0.15, 0.2) is 0 Å². The van der Waals surface area contributed by atoms with Crippen LogP contribution in [0.4, 0.5) is 5.69 Å². The fourth-order valence-corrected chi connectivity index (χ4v) is 1.79. The van der Waals surface area contributed by atoms with Gasteiger partial charge in [-0.05, 0) is 26.6 Å². The smallest absolute Gasteiger partial charge is 0.255 e. The highest BCUT2D eigenvalue weighted by Gasteiger charge is 2.11. The first-order valence-electron chi connectivity index (χ1n) is 7.13. The Labute approximate surface area is 122 Å². The summed E-state index contributed by atoms with van der Waals surface area (Å²) in [4.78, 5) is 20.2. The highest BCUT2D eigenvalue weighted by atomic mass is 16.2. The van der Waals surface area contributed by atoms with E-state index in [0.29, 0.717) is 5.56 Å². The lowest BCUT2D eigenvalue weighted by Gasteiger charge is -2.17. The molecule has 1 rings (SSSR count). The summed E-state index contributed by atoms with van der Waals surface area (Å²) < 4.78 is 0. The fraction of sp³-hybridized carbons (Fsp3) is 0.600. The van der Waals surface area contributed by atoms with Crippen molar-refractivity contribution in [3.63, 3.8) is 0 Å². The molecule has 0 saturated heterocycles. The summed E-state index contributed by atoms with van der Waals surface area (Å²) in [7, 11) is 5.90. The first-order chi connectivity index (χ1) is 9.54. The Hall–Kier alpha value is -1.62. The quantitative estimate of drug-likeness (QED) is 0.789. The molecule has 1 amide bonds. The minimum absolute atomic E-state index is 0.0298. The minimum Gasteiger partial charge on any atom is -0.382 e. The number of pyridine rings is 1. The van der Waals surface area contributed by atoms with Crippen LogP contribution in [-0.4, -0.2) is 61.5 Å². The van der Waals surface area contributed by atoms with Crippen LogP contribution in [0, 0.1) is 0 Å². The van der Waals surface area contributed by atoms with Crippen LogP contribution < -0.4 is 5.32 Å². The number of rotatable bonds is 8.